The number of rotatable bonds is 2. The molecule has 113 valence electrons. The van der Waals surface area contributed by atoms with Crippen LogP contribution >= 0.6 is 0 Å². The average molecular weight is 378 g/mol. The molecule has 0 amide bonds. The molecule has 0 aliphatic carbocycles. The average Bonchev–Trinajstić information content (AvgIpc) is 2.48. The van der Waals surface area contributed by atoms with E-state index >= 15 is 0 Å². The molecule has 0 heterocycles. The van der Waals surface area contributed by atoms with Crippen molar-refractivity contribution in [1.82, 2.24) is 0 Å². The molecule has 0 bridgehead atoms. The van der Waals surface area contributed by atoms with E-state index in [1.54, 1.807) is 6.07 Å². The molecule has 0 aliphatic heterocycles. The van der Waals surface area contributed by atoms with E-state index in [1.807, 2.05) is 57.2 Å². The van der Waals surface area contributed by atoms with Crippen LogP contribution in [-0.2, 0) is 32.7 Å². The minimum Gasteiger partial charge on any atom is -0.505 e. The van der Waals surface area contributed by atoms with Crippen LogP contribution in [0.5, 0.6) is 5.75 Å². The van der Waals surface area contributed by atoms with Crippen LogP contribution in [-0.4, -0.2) is 5.11 Å². The summed E-state index contributed by atoms with van der Waals surface area (Å²) >= 11 is 0. The maximum atomic E-state index is 10.6. The molecule has 0 aromatic heterocycles. The first kappa shape index (κ1) is 17.8. The van der Waals surface area contributed by atoms with Gasteiger partial charge in [-0.05, 0) is 42.1 Å². The first-order valence-electron chi connectivity index (χ1n) is 7.18. The predicted octanol–water partition coefficient (Wildman–Crippen LogP) is 5.68. The fourth-order valence-electron chi connectivity index (χ4n) is 2.59. The summed E-state index contributed by atoms with van der Waals surface area (Å²) in [6, 6.07) is 16.5. The molecule has 0 atom stereocenters. The van der Waals surface area contributed by atoms with Crippen LogP contribution in [0.4, 0.5) is 11.4 Å². The monoisotopic (exact) mass is 378 g/mol. The van der Waals surface area contributed by atoms with E-state index in [1.165, 1.54) is 0 Å². The number of phenols is 1. The normalized spacial score (nSPS) is 10.9. The molecule has 1 radical (unpaired) electrons. The third-order valence-corrected chi connectivity index (χ3v) is 3.81. The Balaban J connectivity index is 0.00000192. The van der Waals surface area contributed by atoms with Gasteiger partial charge in [0.25, 0.3) is 0 Å². The number of phenolic OH excluding ortho intramolecular Hbond substituents is 1. The molecular weight excluding hydrogens is 361 g/mol. The first-order chi connectivity index (χ1) is 10.6. The Morgan fingerprint density at radius 2 is 1.74 bits per heavy atom. The summed E-state index contributed by atoms with van der Waals surface area (Å²) in [5.74, 6) is 0.192. The Kier molecular flexibility index (Phi) is 5.66. The minimum atomic E-state index is 0. The second-order valence-corrected chi connectivity index (χ2v) is 5.48. The molecule has 0 saturated heterocycles. The van der Waals surface area contributed by atoms with Crippen molar-refractivity contribution < 1.29 is 37.8 Å². The molecule has 0 aliphatic rings. The zero-order valence-corrected chi connectivity index (χ0v) is 16.3. The number of hydrogen-bond acceptors (Lipinski definition) is 3. The SMILES string of the molecule is Cc1c[c-]ccc1N=Nc1c(C)cc2cccc(C)c2c1O.[Y]. The Hall–Kier alpha value is -1.58. The van der Waals surface area contributed by atoms with Crippen LogP contribution in [0.3, 0.4) is 0 Å². The summed E-state index contributed by atoms with van der Waals surface area (Å²) in [4.78, 5) is 0. The molecule has 3 aromatic rings. The third-order valence-electron chi connectivity index (χ3n) is 3.81. The number of aryl methyl sites for hydroxylation is 3. The summed E-state index contributed by atoms with van der Waals surface area (Å²) in [5, 5.41) is 21.0. The molecule has 1 N–H and O–H groups in total. The number of azo groups is 1. The zero-order valence-electron chi connectivity index (χ0n) is 13.5. The largest absolute Gasteiger partial charge is 0.505 e. The van der Waals surface area contributed by atoms with Gasteiger partial charge in [0.15, 0.2) is 5.75 Å². The van der Waals surface area contributed by atoms with Gasteiger partial charge in [-0.1, -0.05) is 25.1 Å². The Morgan fingerprint density at radius 1 is 0.957 bits per heavy atom. The summed E-state index contributed by atoms with van der Waals surface area (Å²) in [6.07, 6.45) is 0. The van der Waals surface area contributed by atoms with Crippen LogP contribution < -0.4 is 0 Å². The second kappa shape index (κ2) is 7.33. The van der Waals surface area contributed by atoms with Crippen molar-refractivity contribution in [2.75, 3.05) is 0 Å². The number of aromatic hydroxyl groups is 1. The number of benzene rings is 3. The third kappa shape index (κ3) is 3.51. The molecule has 0 unspecified atom stereocenters. The van der Waals surface area contributed by atoms with E-state index in [-0.39, 0.29) is 38.5 Å². The second-order valence-electron chi connectivity index (χ2n) is 5.48. The standard InChI is InChI=1S/C19H17N2O.Y/c1-12-7-4-5-10-16(12)20-21-18-14(3)11-15-9-6-8-13(2)17(15)19(18)22;/h5-11,22H,1-3H3;/q-1;. The van der Waals surface area contributed by atoms with Crippen LogP contribution in [0.25, 0.3) is 10.8 Å². The van der Waals surface area contributed by atoms with Crippen molar-refractivity contribution in [1.29, 1.82) is 0 Å². The van der Waals surface area contributed by atoms with Gasteiger partial charge in [0.2, 0.25) is 0 Å². The van der Waals surface area contributed by atoms with E-state index in [2.05, 4.69) is 16.3 Å². The number of nitrogens with zero attached hydrogens (tertiary/aromatic N) is 2. The molecule has 3 rings (SSSR count). The van der Waals surface area contributed by atoms with Gasteiger partial charge in [0.05, 0.1) is 0 Å². The smallest absolute Gasteiger partial charge is 0.151 e. The number of fused-ring (bicyclic) bond motifs is 1. The van der Waals surface area contributed by atoms with Crippen molar-refractivity contribution in [2.45, 2.75) is 20.8 Å². The zero-order chi connectivity index (χ0) is 15.7. The molecular formula is C19H17N2OY-. The van der Waals surface area contributed by atoms with Gasteiger partial charge in [-0.25, -0.2) is 0 Å². The maximum Gasteiger partial charge on any atom is 0.151 e. The predicted molar refractivity (Wildman–Crippen MR) is 89.3 cm³/mol. The van der Waals surface area contributed by atoms with Gasteiger partial charge in [0.1, 0.15) is 5.69 Å². The summed E-state index contributed by atoms with van der Waals surface area (Å²) in [6.45, 7) is 5.87. The van der Waals surface area contributed by atoms with E-state index in [4.69, 9.17) is 0 Å². The molecule has 0 saturated carbocycles. The van der Waals surface area contributed by atoms with Gasteiger partial charge < -0.3 is 5.11 Å². The van der Waals surface area contributed by atoms with Gasteiger partial charge in [-0.3, -0.25) is 0 Å². The number of hydrogen-bond donors (Lipinski definition) is 1. The van der Waals surface area contributed by atoms with Crippen LogP contribution in [0.15, 0.2) is 52.7 Å². The Labute approximate surface area is 161 Å². The molecule has 23 heavy (non-hydrogen) atoms. The first-order valence-corrected chi connectivity index (χ1v) is 7.18. The van der Waals surface area contributed by atoms with Crippen molar-refractivity contribution in [2.24, 2.45) is 10.2 Å². The van der Waals surface area contributed by atoms with E-state index in [0.29, 0.717) is 5.69 Å². The molecule has 0 spiro atoms. The fourth-order valence-corrected chi connectivity index (χ4v) is 2.59. The molecule has 4 heteroatoms. The molecule has 3 nitrogen and oxygen atoms in total. The molecule has 3 aromatic carbocycles. The van der Waals surface area contributed by atoms with Crippen molar-refractivity contribution in [3.63, 3.8) is 0 Å². The minimum absolute atomic E-state index is 0. The van der Waals surface area contributed by atoms with Crippen LogP contribution in [0.1, 0.15) is 16.7 Å². The van der Waals surface area contributed by atoms with E-state index in [0.717, 1.165) is 33.2 Å². The van der Waals surface area contributed by atoms with Gasteiger partial charge in [-0.15, -0.1) is 16.7 Å². The van der Waals surface area contributed by atoms with Gasteiger partial charge in [0, 0.05) is 38.1 Å². The van der Waals surface area contributed by atoms with Crippen molar-refractivity contribution in [3.05, 3.63) is 65.2 Å². The summed E-state index contributed by atoms with van der Waals surface area (Å²) in [7, 11) is 0. The molecule has 0 fully saturated rings. The Morgan fingerprint density at radius 3 is 2.48 bits per heavy atom. The topological polar surface area (TPSA) is 45.0 Å². The quantitative estimate of drug-likeness (QED) is 0.452. The van der Waals surface area contributed by atoms with Gasteiger partial charge in [-0.2, -0.15) is 23.3 Å². The van der Waals surface area contributed by atoms with Crippen LogP contribution in [0, 0.1) is 26.8 Å². The van der Waals surface area contributed by atoms with Gasteiger partial charge >= 0.3 is 0 Å². The fraction of sp³-hybridized carbons (Fsp3) is 0.158. The maximum absolute atomic E-state index is 10.6. The van der Waals surface area contributed by atoms with Crippen molar-refractivity contribution in [3.8, 4) is 5.75 Å². The van der Waals surface area contributed by atoms with Crippen LogP contribution in [0.2, 0.25) is 0 Å². The summed E-state index contributed by atoms with van der Waals surface area (Å²) in [5.41, 5.74) is 4.23. The van der Waals surface area contributed by atoms with E-state index < -0.39 is 0 Å². The Bertz CT molecular complexity index is 888. The summed E-state index contributed by atoms with van der Waals surface area (Å²) < 4.78 is 0. The van der Waals surface area contributed by atoms with E-state index in [9.17, 15) is 5.11 Å². The van der Waals surface area contributed by atoms with Crippen molar-refractivity contribution >= 4 is 22.1 Å².